The molecule has 1 aromatic carbocycles. The molecule has 2 aromatic rings. The van der Waals surface area contributed by atoms with Gasteiger partial charge < -0.3 is 19.9 Å². The fourth-order valence-corrected chi connectivity index (χ4v) is 2.83. The highest BCUT2D eigenvalue weighted by Crippen LogP contribution is 2.16. The topological polar surface area (TPSA) is 57.7 Å². The van der Waals surface area contributed by atoms with E-state index in [2.05, 4.69) is 15.2 Å². The number of rotatable bonds is 4. The van der Waals surface area contributed by atoms with Crippen LogP contribution in [0.4, 0.5) is 14.9 Å². The first kappa shape index (κ1) is 17.0. The standard InChI is InChI=1S/C18H21FN4O2/c1-25-16-4-2-3-14(11-16)13-21-18(24)23-9-7-22(8-10-23)15-5-6-20-17(19)12-15/h2-6,11-12H,7-10,13H2,1H3,(H,21,24). The number of amides is 2. The Labute approximate surface area is 146 Å². The lowest BCUT2D eigenvalue weighted by Crippen LogP contribution is -2.51. The minimum Gasteiger partial charge on any atom is -0.497 e. The van der Waals surface area contributed by atoms with Crippen LogP contribution in [0.15, 0.2) is 42.6 Å². The van der Waals surface area contributed by atoms with Gasteiger partial charge in [-0.1, -0.05) is 12.1 Å². The lowest BCUT2D eigenvalue weighted by atomic mass is 10.2. The Morgan fingerprint density at radius 3 is 2.76 bits per heavy atom. The molecule has 132 valence electrons. The maximum absolute atomic E-state index is 13.2. The smallest absolute Gasteiger partial charge is 0.317 e. The van der Waals surface area contributed by atoms with Gasteiger partial charge >= 0.3 is 6.03 Å². The number of carbonyl (C=O) groups excluding carboxylic acids is 1. The highest BCUT2D eigenvalue weighted by molar-refractivity contribution is 5.74. The molecule has 1 saturated heterocycles. The summed E-state index contributed by atoms with van der Waals surface area (Å²) in [5.41, 5.74) is 1.78. The molecule has 25 heavy (non-hydrogen) atoms. The third kappa shape index (κ3) is 4.37. The van der Waals surface area contributed by atoms with Gasteiger partial charge in [0.2, 0.25) is 5.95 Å². The first-order chi connectivity index (χ1) is 12.2. The molecule has 3 rings (SSSR count). The third-order valence-corrected chi connectivity index (χ3v) is 4.22. The Kier molecular flexibility index (Phi) is 5.33. The maximum Gasteiger partial charge on any atom is 0.317 e. The van der Waals surface area contributed by atoms with Crippen molar-refractivity contribution in [2.75, 3.05) is 38.2 Å². The fraction of sp³-hybridized carbons (Fsp3) is 0.333. The molecule has 0 aliphatic carbocycles. The van der Waals surface area contributed by atoms with Crippen LogP contribution in [0.25, 0.3) is 0 Å². The van der Waals surface area contributed by atoms with Gasteiger partial charge in [0.25, 0.3) is 0 Å². The summed E-state index contributed by atoms with van der Waals surface area (Å²) in [6.07, 6.45) is 1.46. The largest absolute Gasteiger partial charge is 0.497 e. The van der Waals surface area contributed by atoms with Gasteiger partial charge in [-0.05, 0) is 23.8 Å². The second-order valence-electron chi connectivity index (χ2n) is 5.82. The Morgan fingerprint density at radius 1 is 1.24 bits per heavy atom. The SMILES string of the molecule is COc1cccc(CNC(=O)N2CCN(c3ccnc(F)c3)CC2)c1. The van der Waals surface area contributed by atoms with Crippen molar-refractivity contribution < 1.29 is 13.9 Å². The highest BCUT2D eigenvalue weighted by atomic mass is 19.1. The summed E-state index contributed by atoms with van der Waals surface area (Å²) in [5.74, 6) is 0.279. The molecule has 0 bridgehead atoms. The van der Waals surface area contributed by atoms with Crippen molar-refractivity contribution in [2.45, 2.75) is 6.54 Å². The second kappa shape index (κ2) is 7.83. The second-order valence-corrected chi connectivity index (χ2v) is 5.82. The molecule has 2 amide bonds. The molecular weight excluding hydrogens is 323 g/mol. The Morgan fingerprint density at radius 2 is 2.04 bits per heavy atom. The van der Waals surface area contributed by atoms with E-state index in [9.17, 15) is 9.18 Å². The van der Waals surface area contributed by atoms with Crippen molar-refractivity contribution in [3.8, 4) is 5.75 Å². The molecule has 0 saturated carbocycles. The van der Waals surface area contributed by atoms with E-state index in [0.717, 1.165) is 17.0 Å². The Hall–Kier alpha value is -2.83. The number of benzene rings is 1. The summed E-state index contributed by atoms with van der Waals surface area (Å²) >= 11 is 0. The molecule has 0 atom stereocenters. The molecule has 1 aliphatic rings. The quantitative estimate of drug-likeness (QED) is 0.865. The molecule has 1 aromatic heterocycles. The van der Waals surface area contributed by atoms with Crippen molar-refractivity contribution in [1.29, 1.82) is 0 Å². The predicted molar refractivity (Wildman–Crippen MR) is 93.2 cm³/mol. The Balaban J connectivity index is 1.49. The third-order valence-electron chi connectivity index (χ3n) is 4.22. The Bertz CT molecular complexity index is 733. The van der Waals surface area contributed by atoms with Crippen molar-refractivity contribution >= 4 is 11.7 Å². The van der Waals surface area contributed by atoms with Crippen LogP contribution in [0, 0.1) is 5.95 Å². The van der Waals surface area contributed by atoms with Gasteiger partial charge in [0, 0.05) is 50.7 Å². The zero-order valence-electron chi connectivity index (χ0n) is 14.1. The van der Waals surface area contributed by atoms with E-state index in [1.165, 1.54) is 12.3 Å². The number of anilines is 1. The number of piperazine rings is 1. The average molecular weight is 344 g/mol. The number of halogens is 1. The molecule has 0 unspecified atom stereocenters. The number of pyridine rings is 1. The van der Waals surface area contributed by atoms with Crippen LogP contribution in [0.3, 0.4) is 0 Å². The molecule has 0 radical (unpaired) electrons. The van der Waals surface area contributed by atoms with Crippen molar-refractivity contribution in [2.24, 2.45) is 0 Å². The average Bonchev–Trinajstić information content (AvgIpc) is 2.66. The van der Waals surface area contributed by atoms with Crippen LogP contribution in [-0.2, 0) is 6.54 Å². The number of carbonyl (C=O) groups is 1. The summed E-state index contributed by atoms with van der Waals surface area (Å²) in [4.78, 5) is 19.7. The van der Waals surface area contributed by atoms with E-state index < -0.39 is 5.95 Å². The van der Waals surface area contributed by atoms with E-state index in [1.807, 2.05) is 24.3 Å². The number of hydrogen-bond donors (Lipinski definition) is 1. The van der Waals surface area contributed by atoms with Crippen LogP contribution in [-0.4, -0.2) is 49.2 Å². The molecule has 1 fully saturated rings. The normalized spacial score (nSPS) is 14.3. The minimum absolute atomic E-state index is 0.0941. The van der Waals surface area contributed by atoms with Gasteiger partial charge in [0.05, 0.1) is 7.11 Å². The number of aromatic nitrogens is 1. The maximum atomic E-state index is 13.2. The first-order valence-electron chi connectivity index (χ1n) is 8.18. The molecule has 1 N–H and O–H groups in total. The van der Waals surface area contributed by atoms with E-state index >= 15 is 0 Å². The zero-order valence-corrected chi connectivity index (χ0v) is 14.1. The lowest BCUT2D eigenvalue weighted by molar-refractivity contribution is 0.194. The number of urea groups is 1. The predicted octanol–water partition coefficient (Wildman–Crippen LogP) is 2.26. The van der Waals surface area contributed by atoms with E-state index in [0.29, 0.717) is 32.7 Å². The zero-order chi connectivity index (χ0) is 17.6. The van der Waals surface area contributed by atoms with Crippen molar-refractivity contribution in [1.82, 2.24) is 15.2 Å². The van der Waals surface area contributed by atoms with Crippen LogP contribution in [0.1, 0.15) is 5.56 Å². The molecule has 6 nitrogen and oxygen atoms in total. The monoisotopic (exact) mass is 344 g/mol. The lowest BCUT2D eigenvalue weighted by Gasteiger charge is -2.36. The molecule has 2 heterocycles. The van der Waals surface area contributed by atoms with Crippen molar-refractivity contribution in [3.05, 3.63) is 54.1 Å². The highest BCUT2D eigenvalue weighted by Gasteiger charge is 2.21. The first-order valence-corrected chi connectivity index (χ1v) is 8.18. The van der Waals surface area contributed by atoms with E-state index in [-0.39, 0.29) is 6.03 Å². The van der Waals surface area contributed by atoms with Gasteiger partial charge in [-0.15, -0.1) is 0 Å². The van der Waals surface area contributed by atoms with Crippen LogP contribution in [0.5, 0.6) is 5.75 Å². The summed E-state index contributed by atoms with van der Waals surface area (Å²) in [6.45, 7) is 2.96. The van der Waals surface area contributed by atoms with Crippen LogP contribution < -0.4 is 15.0 Å². The number of nitrogens with zero attached hydrogens (tertiary/aromatic N) is 3. The van der Waals surface area contributed by atoms with Gasteiger partial charge in [-0.25, -0.2) is 9.78 Å². The number of ether oxygens (including phenoxy) is 1. The fourth-order valence-electron chi connectivity index (χ4n) is 2.83. The number of methoxy groups -OCH3 is 1. The van der Waals surface area contributed by atoms with E-state index in [4.69, 9.17) is 4.74 Å². The molecular formula is C18H21FN4O2. The minimum atomic E-state index is -0.490. The van der Waals surface area contributed by atoms with Gasteiger partial charge in [0.15, 0.2) is 0 Å². The molecule has 7 heteroatoms. The molecule has 0 spiro atoms. The summed E-state index contributed by atoms with van der Waals surface area (Å²) in [5, 5.41) is 2.93. The van der Waals surface area contributed by atoms with Gasteiger partial charge in [0.1, 0.15) is 5.75 Å². The van der Waals surface area contributed by atoms with Gasteiger partial charge in [-0.3, -0.25) is 0 Å². The number of nitrogens with one attached hydrogen (secondary N) is 1. The number of hydrogen-bond acceptors (Lipinski definition) is 4. The van der Waals surface area contributed by atoms with Crippen LogP contribution >= 0.6 is 0 Å². The molecule has 1 aliphatic heterocycles. The van der Waals surface area contributed by atoms with Gasteiger partial charge in [-0.2, -0.15) is 4.39 Å². The summed E-state index contributed by atoms with van der Waals surface area (Å²) < 4.78 is 18.4. The van der Waals surface area contributed by atoms with Crippen LogP contribution in [0.2, 0.25) is 0 Å². The van der Waals surface area contributed by atoms with E-state index in [1.54, 1.807) is 18.1 Å². The summed E-state index contributed by atoms with van der Waals surface area (Å²) in [6, 6.07) is 10.7. The summed E-state index contributed by atoms with van der Waals surface area (Å²) in [7, 11) is 1.62. The van der Waals surface area contributed by atoms with Crippen molar-refractivity contribution in [3.63, 3.8) is 0 Å².